The van der Waals surface area contributed by atoms with Crippen molar-refractivity contribution in [2.75, 3.05) is 0 Å². The molecular weight excluding hydrogens is 425 g/mol. The Bertz CT molecular complexity index is 768. The molecule has 2 amide bonds. The van der Waals surface area contributed by atoms with E-state index in [9.17, 15) is 24.6 Å². The van der Waals surface area contributed by atoms with Crippen LogP contribution < -0.4 is 28.9 Å². The second-order valence-corrected chi connectivity index (χ2v) is 5.38. The smallest absolute Gasteiger partial charge is 0.363 e. The van der Waals surface area contributed by atoms with Crippen molar-refractivity contribution in [2.24, 2.45) is 0 Å². The van der Waals surface area contributed by atoms with Crippen molar-refractivity contribution in [2.45, 2.75) is 12.5 Å². The first-order chi connectivity index (χ1) is 11.0. The number of carbonyl (C=O) groups is 3. The molecule has 1 heterocycles. The lowest BCUT2D eigenvalue weighted by molar-refractivity contribution is -0.741. The largest absolute Gasteiger partial charge is 1.00 e. The van der Waals surface area contributed by atoms with Gasteiger partial charge in [0.25, 0.3) is 0 Å². The standard InChI is InChI=1S/C17H13NO5.HI/c19-11-7-5-10(6-8-11)9-14(17(22)23)18-15(20)12-3-1-2-4-13(12)16(18)21;/h1-8,14,19H,9H2,(H,22,23);1H/t14-;/m0./s1. The predicted octanol–water partition coefficient (Wildman–Crippen LogP) is -2.73. The molecule has 0 saturated carbocycles. The highest BCUT2D eigenvalue weighted by Gasteiger charge is 2.48. The van der Waals surface area contributed by atoms with E-state index >= 15 is 0 Å². The number of halogens is 1. The summed E-state index contributed by atoms with van der Waals surface area (Å²) >= 11 is 0. The molecule has 1 aliphatic heterocycles. The molecule has 0 bridgehead atoms. The maximum absolute atomic E-state index is 12.4. The van der Waals surface area contributed by atoms with Crippen LogP contribution in [0.5, 0.6) is 5.75 Å². The molecule has 0 fully saturated rings. The van der Waals surface area contributed by atoms with E-state index in [2.05, 4.69) is 0 Å². The molecule has 0 aromatic heterocycles. The summed E-state index contributed by atoms with van der Waals surface area (Å²) in [6.45, 7) is 0. The number of phenols is 1. The SMILES string of the molecule is O=C(O)[C@H](Cc1ccc(O)cc1)[NH+]1C(=O)c2ccccc2C1=O.[I-]. The number of quaternary nitrogens is 1. The van der Waals surface area contributed by atoms with E-state index in [1.807, 2.05) is 0 Å². The number of imide groups is 1. The van der Waals surface area contributed by atoms with Crippen molar-refractivity contribution in [3.05, 3.63) is 65.2 Å². The zero-order valence-electron chi connectivity index (χ0n) is 12.4. The first-order valence-corrected chi connectivity index (χ1v) is 7.05. The summed E-state index contributed by atoms with van der Waals surface area (Å²) in [5, 5.41) is 18.8. The Labute approximate surface area is 154 Å². The fraction of sp³-hybridized carbons (Fsp3) is 0.118. The summed E-state index contributed by atoms with van der Waals surface area (Å²) in [6.07, 6.45) is 0.0103. The van der Waals surface area contributed by atoms with Gasteiger partial charge in [-0.15, -0.1) is 0 Å². The zero-order chi connectivity index (χ0) is 16.6. The van der Waals surface area contributed by atoms with Crippen LogP contribution in [0.2, 0.25) is 0 Å². The summed E-state index contributed by atoms with van der Waals surface area (Å²) < 4.78 is 0. The quantitative estimate of drug-likeness (QED) is 0.356. The minimum absolute atomic E-state index is 0. The van der Waals surface area contributed by atoms with E-state index in [-0.39, 0.29) is 52.2 Å². The van der Waals surface area contributed by atoms with E-state index in [4.69, 9.17) is 0 Å². The molecule has 0 aliphatic carbocycles. The lowest BCUT2D eigenvalue weighted by Gasteiger charge is -2.17. The second-order valence-electron chi connectivity index (χ2n) is 5.38. The molecule has 3 N–H and O–H groups in total. The van der Waals surface area contributed by atoms with E-state index in [1.165, 1.54) is 24.3 Å². The Hall–Kier alpha value is -2.26. The van der Waals surface area contributed by atoms with Crippen molar-refractivity contribution in [3.8, 4) is 5.75 Å². The lowest BCUT2D eigenvalue weighted by atomic mass is 10.0. The summed E-state index contributed by atoms with van der Waals surface area (Å²) in [5.74, 6) is -2.19. The number of fused-ring (bicyclic) bond motifs is 1. The van der Waals surface area contributed by atoms with Crippen LogP contribution in [-0.2, 0) is 11.2 Å². The average molecular weight is 439 g/mol. The number of carboxylic acids is 1. The first kappa shape index (κ1) is 18.1. The van der Waals surface area contributed by atoms with E-state index in [1.54, 1.807) is 24.3 Å². The van der Waals surface area contributed by atoms with E-state index in [0.29, 0.717) is 5.56 Å². The molecule has 6 nitrogen and oxygen atoms in total. The highest BCUT2D eigenvalue weighted by atomic mass is 127. The minimum atomic E-state index is -1.22. The Morgan fingerprint density at radius 3 is 1.92 bits per heavy atom. The molecule has 1 aliphatic rings. The first-order valence-electron chi connectivity index (χ1n) is 7.05. The van der Waals surface area contributed by atoms with Crippen molar-refractivity contribution >= 4 is 17.8 Å². The summed E-state index contributed by atoms with van der Waals surface area (Å²) in [6, 6.07) is 11.1. The molecule has 0 spiro atoms. The van der Waals surface area contributed by atoms with Gasteiger partial charge in [0.2, 0.25) is 6.04 Å². The van der Waals surface area contributed by atoms with Gasteiger partial charge in [-0.1, -0.05) is 24.3 Å². The number of aromatic hydroxyl groups is 1. The number of nitrogens with one attached hydrogen (secondary N) is 1. The third-order valence-corrected chi connectivity index (χ3v) is 3.93. The van der Waals surface area contributed by atoms with Gasteiger partial charge in [0.15, 0.2) is 0 Å². The zero-order valence-corrected chi connectivity index (χ0v) is 14.6. The van der Waals surface area contributed by atoms with Gasteiger partial charge in [-0.05, 0) is 29.8 Å². The normalized spacial score (nSPS) is 14.8. The molecule has 7 heteroatoms. The van der Waals surface area contributed by atoms with Crippen LogP contribution in [0.3, 0.4) is 0 Å². The van der Waals surface area contributed by atoms with Crippen molar-refractivity contribution in [1.29, 1.82) is 0 Å². The molecule has 1 atom stereocenters. The molecule has 24 heavy (non-hydrogen) atoms. The number of carbonyl (C=O) groups excluding carboxylic acids is 2. The molecule has 2 aromatic rings. The van der Waals surface area contributed by atoms with Crippen LogP contribution >= 0.6 is 0 Å². The maximum Gasteiger partial charge on any atom is 0.363 e. The second kappa shape index (κ2) is 7.10. The number of benzene rings is 2. The van der Waals surface area contributed by atoms with Gasteiger partial charge in [0.1, 0.15) is 5.75 Å². The topological polar surface area (TPSA) is 96.1 Å². The molecule has 0 radical (unpaired) electrons. The number of aliphatic carboxylic acids is 1. The Morgan fingerprint density at radius 1 is 0.958 bits per heavy atom. The number of carboxylic acid groups (broad SMARTS) is 1. The fourth-order valence-corrected chi connectivity index (χ4v) is 2.77. The Balaban J connectivity index is 0.00000208. The third-order valence-electron chi connectivity index (χ3n) is 3.93. The van der Waals surface area contributed by atoms with Gasteiger partial charge in [-0.2, -0.15) is 4.90 Å². The number of rotatable bonds is 4. The summed E-state index contributed by atoms with van der Waals surface area (Å²) in [4.78, 5) is 36.3. The van der Waals surface area contributed by atoms with Gasteiger partial charge in [-0.25, -0.2) is 14.4 Å². The van der Waals surface area contributed by atoms with Gasteiger partial charge < -0.3 is 34.2 Å². The van der Waals surface area contributed by atoms with E-state index in [0.717, 1.165) is 0 Å². The van der Waals surface area contributed by atoms with Crippen LogP contribution in [0.4, 0.5) is 0 Å². The molecule has 0 saturated heterocycles. The number of phenolic OH excluding ortho intramolecular Hbond substituents is 1. The number of hydrogen-bond acceptors (Lipinski definition) is 4. The Morgan fingerprint density at radius 2 is 1.46 bits per heavy atom. The average Bonchev–Trinajstić information content (AvgIpc) is 2.79. The van der Waals surface area contributed by atoms with Crippen molar-refractivity contribution in [1.82, 2.24) is 0 Å². The van der Waals surface area contributed by atoms with Gasteiger partial charge in [0.05, 0.1) is 11.1 Å². The van der Waals surface area contributed by atoms with Crippen LogP contribution in [-0.4, -0.2) is 34.0 Å². The molecular formula is C17H14INO5. The van der Waals surface area contributed by atoms with Crippen LogP contribution in [0.1, 0.15) is 26.3 Å². The lowest BCUT2D eigenvalue weighted by Crippen LogP contribution is -3.20. The number of hydrogen-bond donors (Lipinski definition) is 3. The highest BCUT2D eigenvalue weighted by molar-refractivity contribution is 6.12. The van der Waals surface area contributed by atoms with Gasteiger partial charge in [-0.3, -0.25) is 0 Å². The van der Waals surface area contributed by atoms with Crippen molar-refractivity contribution in [3.63, 3.8) is 0 Å². The maximum atomic E-state index is 12.4. The monoisotopic (exact) mass is 439 g/mol. The minimum Gasteiger partial charge on any atom is -1.00 e. The van der Waals surface area contributed by atoms with Crippen molar-refractivity contribution < 1.29 is 53.5 Å². The van der Waals surface area contributed by atoms with E-state index < -0.39 is 23.8 Å². The fourth-order valence-electron chi connectivity index (χ4n) is 2.77. The van der Waals surface area contributed by atoms with Crippen LogP contribution in [0.25, 0.3) is 0 Å². The molecule has 2 aromatic carbocycles. The van der Waals surface area contributed by atoms with Crippen LogP contribution in [0.15, 0.2) is 48.5 Å². The van der Waals surface area contributed by atoms with Crippen LogP contribution in [0, 0.1) is 0 Å². The number of amides is 2. The van der Waals surface area contributed by atoms with Gasteiger partial charge >= 0.3 is 17.8 Å². The summed E-state index contributed by atoms with van der Waals surface area (Å²) in [5.41, 5.74) is 1.13. The molecule has 124 valence electrons. The molecule has 3 rings (SSSR count). The predicted molar refractivity (Wildman–Crippen MR) is 79.3 cm³/mol. The van der Waals surface area contributed by atoms with Gasteiger partial charge in [0, 0.05) is 6.42 Å². The molecule has 0 unspecified atom stereocenters. The Kier molecular flexibility index (Phi) is 5.35. The summed E-state index contributed by atoms with van der Waals surface area (Å²) in [7, 11) is 0. The highest BCUT2D eigenvalue weighted by Crippen LogP contribution is 2.14. The third kappa shape index (κ3) is 3.17.